The molecule has 146 valence electrons. The highest BCUT2D eigenvalue weighted by Crippen LogP contribution is 2.22. The van der Waals surface area contributed by atoms with Crippen LogP contribution in [0.15, 0.2) is 47.4 Å². The molecule has 2 rings (SSSR count). The normalized spacial score (nSPS) is 11.2. The summed E-state index contributed by atoms with van der Waals surface area (Å²) in [4.78, 5) is 12.2. The first-order valence-corrected chi connectivity index (χ1v) is 11.8. The maximum atomic E-state index is 12.0. The number of hydrogen-bond donors (Lipinski definition) is 2. The Morgan fingerprint density at radius 1 is 1.19 bits per heavy atom. The van der Waals surface area contributed by atoms with Gasteiger partial charge in [0, 0.05) is 29.3 Å². The molecule has 0 aromatic heterocycles. The molecule has 0 bridgehead atoms. The van der Waals surface area contributed by atoms with E-state index in [9.17, 15) is 13.2 Å². The molecule has 2 N–H and O–H groups in total. The van der Waals surface area contributed by atoms with Crippen LogP contribution in [-0.2, 0) is 20.4 Å². The lowest BCUT2D eigenvalue weighted by Gasteiger charge is -2.12. The second-order valence-corrected chi connectivity index (χ2v) is 9.62. The molecular weight excluding hydrogens is 404 g/mol. The number of nitrogens with one attached hydrogen (secondary N) is 2. The zero-order chi connectivity index (χ0) is 19.9. The second kappa shape index (κ2) is 10.0. The molecule has 0 fully saturated rings. The molecule has 2 aromatic carbocycles. The molecule has 2 aromatic rings. The molecule has 0 aliphatic heterocycles. The highest BCUT2D eigenvalue weighted by atomic mass is 35.5. The first kappa shape index (κ1) is 21.6. The van der Waals surface area contributed by atoms with E-state index in [4.69, 9.17) is 11.6 Å². The van der Waals surface area contributed by atoms with Gasteiger partial charge >= 0.3 is 0 Å². The van der Waals surface area contributed by atoms with Crippen molar-refractivity contribution in [3.05, 3.63) is 58.6 Å². The van der Waals surface area contributed by atoms with Crippen LogP contribution in [0.25, 0.3) is 0 Å². The van der Waals surface area contributed by atoms with E-state index >= 15 is 0 Å². The quantitative estimate of drug-likeness (QED) is 0.600. The zero-order valence-corrected chi connectivity index (χ0v) is 17.7. The van der Waals surface area contributed by atoms with E-state index in [1.807, 2.05) is 31.2 Å². The number of benzene rings is 2. The Morgan fingerprint density at radius 2 is 1.93 bits per heavy atom. The van der Waals surface area contributed by atoms with Crippen molar-refractivity contribution in [1.29, 1.82) is 0 Å². The number of hydrogen-bond acceptors (Lipinski definition) is 5. The van der Waals surface area contributed by atoms with Crippen LogP contribution in [0.3, 0.4) is 0 Å². The van der Waals surface area contributed by atoms with E-state index in [-0.39, 0.29) is 17.3 Å². The van der Waals surface area contributed by atoms with Gasteiger partial charge in [0.25, 0.3) is 0 Å². The maximum absolute atomic E-state index is 12.0. The van der Waals surface area contributed by atoms with Crippen molar-refractivity contribution in [3.63, 3.8) is 0 Å². The predicted octanol–water partition coefficient (Wildman–Crippen LogP) is 3.51. The van der Waals surface area contributed by atoms with Gasteiger partial charge in [0.1, 0.15) is 0 Å². The number of anilines is 1. The third kappa shape index (κ3) is 7.08. The molecule has 0 radical (unpaired) electrons. The van der Waals surface area contributed by atoms with Gasteiger partial charge in [-0.2, -0.15) is 11.8 Å². The summed E-state index contributed by atoms with van der Waals surface area (Å²) in [5.41, 5.74) is 2.36. The summed E-state index contributed by atoms with van der Waals surface area (Å²) in [5, 5.41) is 6.47. The largest absolute Gasteiger partial charge is 0.375 e. The molecule has 0 spiro atoms. The highest BCUT2D eigenvalue weighted by molar-refractivity contribution is 7.98. The molecule has 0 saturated heterocycles. The number of carbonyl (C=O) groups is 1. The predicted molar refractivity (Wildman–Crippen MR) is 113 cm³/mol. The number of halogens is 1. The fraction of sp³-hybridized carbons (Fsp3) is 0.316. The fourth-order valence-electron chi connectivity index (χ4n) is 2.38. The van der Waals surface area contributed by atoms with Crippen LogP contribution >= 0.6 is 23.4 Å². The standard InChI is InChI=1S/C19H23ClN2O3S2/c1-14-7-8-17(18(11-14)27(2,24)25)22-12-19(23)21-9-10-26-13-15-5-3-4-6-16(15)20/h3-8,11,22H,9-10,12-13H2,1-2H3,(H,21,23). The van der Waals surface area contributed by atoms with Gasteiger partial charge in [0.2, 0.25) is 5.91 Å². The summed E-state index contributed by atoms with van der Waals surface area (Å²) in [7, 11) is -3.37. The van der Waals surface area contributed by atoms with Crippen molar-refractivity contribution < 1.29 is 13.2 Å². The first-order chi connectivity index (χ1) is 12.8. The third-order valence-electron chi connectivity index (χ3n) is 3.76. The zero-order valence-electron chi connectivity index (χ0n) is 15.3. The molecule has 1 amide bonds. The second-order valence-electron chi connectivity index (χ2n) is 6.12. The van der Waals surface area contributed by atoms with E-state index in [0.29, 0.717) is 12.2 Å². The Bertz CT molecular complexity index is 902. The fourth-order valence-corrected chi connectivity index (χ4v) is 4.46. The molecule has 0 saturated carbocycles. The van der Waals surface area contributed by atoms with Crippen LogP contribution in [0.2, 0.25) is 5.02 Å². The van der Waals surface area contributed by atoms with E-state index in [1.54, 1.807) is 30.0 Å². The smallest absolute Gasteiger partial charge is 0.239 e. The molecule has 0 aliphatic rings. The minimum absolute atomic E-state index is 0.0146. The SMILES string of the molecule is Cc1ccc(NCC(=O)NCCSCc2ccccc2Cl)c(S(C)(=O)=O)c1. The topological polar surface area (TPSA) is 75.3 Å². The van der Waals surface area contributed by atoms with Crippen molar-refractivity contribution in [2.75, 3.05) is 30.4 Å². The van der Waals surface area contributed by atoms with Gasteiger partial charge in [-0.25, -0.2) is 8.42 Å². The van der Waals surface area contributed by atoms with Crippen LogP contribution in [-0.4, -0.2) is 39.4 Å². The summed E-state index contributed by atoms with van der Waals surface area (Å²) in [5.74, 6) is 1.36. The number of sulfone groups is 1. The van der Waals surface area contributed by atoms with Crippen LogP contribution in [0, 0.1) is 6.92 Å². The number of carbonyl (C=O) groups excluding carboxylic acids is 1. The summed E-state index contributed by atoms with van der Waals surface area (Å²) in [6.45, 7) is 2.37. The summed E-state index contributed by atoms with van der Waals surface area (Å²) in [6.07, 6.45) is 1.16. The maximum Gasteiger partial charge on any atom is 0.239 e. The number of thioether (sulfide) groups is 1. The minimum Gasteiger partial charge on any atom is -0.375 e. The van der Waals surface area contributed by atoms with Crippen LogP contribution in [0.4, 0.5) is 5.69 Å². The number of aryl methyl sites for hydroxylation is 1. The summed E-state index contributed by atoms with van der Waals surface area (Å²) < 4.78 is 23.8. The third-order valence-corrected chi connectivity index (χ3v) is 6.27. The van der Waals surface area contributed by atoms with E-state index in [1.165, 1.54) is 0 Å². The molecule has 0 heterocycles. The Morgan fingerprint density at radius 3 is 2.63 bits per heavy atom. The molecule has 8 heteroatoms. The van der Waals surface area contributed by atoms with Gasteiger partial charge in [-0.1, -0.05) is 35.9 Å². The average molecular weight is 427 g/mol. The Kier molecular flexibility index (Phi) is 8.01. The Balaban J connectivity index is 1.75. The molecular formula is C19H23ClN2O3S2. The molecule has 0 unspecified atom stereocenters. The van der Waals surface area contributed by atoms with Gasteiger partial charge < -0.3 is 10.6 Å². The Hall–Kier alpha value is -1.70. The number of rotatable bonds is 9. The van der Waals surface area contributed by atoms with Crippen molar-refractivity contribution in [2.45, 2.75) is 17.6 Å². The van der Waals surface area contributed by atoms with E-state index < -0.39 is 9.84 Å². The van der Waals surface area contributed by atoms with Crippen LogP contribution in [0.1, 0.15) is 11.1 Å². The van der Waals surface area contributed by atoms with Gasteiger partial charge in [0.05, 0.1) is 17.1 Å². The first-order valence-electron chi connectivity index (χ1n) is 8.40. The van der Waals surface area contributed by atoms with Gasteiger partial charge in [-0.15, -0.1) is 0 Å². The highest BCUT2D eigenvalue weighted by Gasteiger charge is 2.14. The van der Waals surface area contributed by atoms with E-state index in [0.717, 1.165) is 33.9 Å². The van der Waals surface area contributed by atoms with Crippen LogP contribution < -0.4 is 10.6 Å². The lowest BCUT2D eigenvalue weighted by Crippen LogP contribution is -2.31. The summed E-state index contributed by atoms with van der Waals surface area (Å²) in [6, 6.07) is 12.8. The lowest BCUT2D eigenvalue weighted by molar-refractivity contribution is -0.119. The van der Waals surface area contributed by atoms with Gasteiger partial charge in [-0.05, 0) is 36.2 Å². The molecule has 0 atom stereocenters. The van der Waals surface area contributed by atoms with Crippen molar-refractivity contribution in [3.8, 4) is 0 Å². The minimum atomic E-state index is -3.37. The van der Waals surface area contributed by atoms with E-state index in [2.05, 4.69) is 10.6 Å². The molecule has 27 heavy (non-hydrogen) atoms. The molecule has 0 aliphatic carbocycles. The lowest BCUT2D eigenvalue weighted by atomic mass is 10.2. The van der Waals surface area contributed by atoms with Gasteiger partial charge in [-0.3, -0.25) is 4.79 Å². The number of amides is 1. The van der Waals surface area contributed by atoms with Gasteiger partial charge in [0.15, 0.2) is 9.84 Å². The van der Waals surface area contributed by atoms with Crippen LogP contribution in [0.5, 0.6) is 0 Å². The van der Waals surface area contributed by atoms with Crippen molar-refractivity contribution in [2.24, 2.45) is 0 Å². The Labute approximate surface area is 169 Å². The average Bonchev–Trinajstić information content (AvgIpc) is 2.61. The summed E-state index contributed by atoms with van der Waals surface area (Å²) >= 11 is 7.79. The van der Waals surface area contributed by atoms with Crippen molar-refractivity contribution >= 4 is 44.8 Å². The molecule has 5 nitrogen and oxygen atoms in total. The van der Waals surface area contributed by atoms with Crippen molar-refractivity contribution in [1.82, 2.24) is 5.32 Å². The monoisotopic (exact) mass is 426 g/mol.